The number of methoxy groups -OCH3 is 2. The average Bonchev–Trinajstić information content (AvgIpc) is 3.33. The second-order valence-electron chi connectivity index (χ2n) is 6.97. The average molecular weight is 439 g/mol. The third-order valence-corrected chi connectivity index (χ3v) is 6.09. The fraction of sp³-hybridized carbons (Fsp3) is 0.227. The van der Waals surface area contributed by atoms with Crippen molar-refractivity contribution in [1.82, 2.24) is 9.88 Å². The summed E-state index contributed by atoms with van der Waals surface area (Å²) >= 11 is 1.34. The number of aromatic nitrogens is 1. The van der Waals surface area contributed by atoms with Gasteiger partial charge in [-0.05, 0) is 17.7 Å². The molecule has 2 aromatic carbocycles. The van der Waals surface area contributed by atoms with Crippen molar-refractivity contribution in [2.45, 2.75) is 13.1 Å². The van der Waals surface area contributed by atoms with Crippen molar-refractivity contribution >= 4 is 34.1 Å². The second-order valence-corrected chi connectivity index (χ2v) is 8.03. The Morgan fingerprint density at radius 2 is 1.97 bits per heavy atom. The number of nitrogens with one attached hydrogen (secondary N) is 1. The van der Waals surface area contributed by atoms with Gasteiger partial charge in [-0.3, -0.25) is 9.69 Å². The highest BCUT2D eigenvalue weighted by Gasteiger charge is 2.33. The van der Waals surface area contributed by atoms with E-state index < -0.39 is 0 Å². The summed E-state index contributed by atoms with van der Waals surface area (Å²) in [6, 6.07) is 14.6. The zero-order valence-corrected chi connectivity index (χ0v) is 18.2. The number of thiazole rings is 1. The minimum absolute atomic E-state index is 0.119. The summed E-state index contributed by atoms with van der Waals surface area (Å²) in [7, 11) is 4.70. The molecule has 1 aromatic heterocycles. The van der Waals surface area contributed by atoms with E-state index in [4.69, 9.17) is 9.47 Å². The molecule has 1 aliphatic heterocycles. The van der Waals surface area contributed by atoms with E-state index in [0.29, 0.717) is 41.1 Å². The first-order valence-corrected chi connectivity index (χ1v) is 10.4. The standard InChI is InChI=1S/C22H22N4O4S/c1-25(21(28)23-16-10-9-15(29-2)11-17(16)30-3)22-24-19-18(31-22)13-26(20(19)27)12-14-7-5-4-6-8-14/h4-11H,12-13H2,1-3H3,(H,23,28). The Balaban J connectivity index is 1.45. The van der Waals surface area contributed by atoms with E-state index in [9.17, 15) is 9.59 Å². The lowest BCUT2D eigenvalue weighted by Crippen LogP contribution is -2.31. The number of nitrogens with zero attached hydrogens (tertiary/aromatic N) is 3. The second kappa shape index (κ2) is 8.65. The van der Waals surface area contributed by atoms with Crippen LogP contribution < -0.4 is 19.7 Å². The van der Waals surface area contributed by atoms with Crippen LogP contribution in [0.3, 0.4) is 0 Å². The third-order valence-electron chi connectivity index (χ3n) is 4.97. The van der Waals surface area contributed by atoms with Crippen molar-refractivity contribution in [1.29, 1.82) is 0 Å². The Morgan fingerprint density at radius 1 is 1.19 bits per heavy atom. The van der Waals surface area contributed by atoms with Crippen LogP contribution in [0.25, 0.3) is 0 Å². The molecule has 9 heteroatoms. The highest BCUT2D eigenvalue weighted by molar-refractivity contribution is 7.16. The number of amides is 3. The third kappa shape index (κ3) is 4.17. The van der Waals surface area contributed by atoms with Crippen molar-refractivity contribution < 1.29 is 19.1 Å². The number of carbonyl (C=O) groups excluding carboxylic acids is 2. The largest absolute Gasteiger partial charge is 0.497 e. The van der Waals surface area contributed by atoms with Gasteiger partial charge in [0.25, 0.3) is 5.91 Å². The summed E-state index contributed by atoms with van der Waals surface area (Å²) in [4.78, 5) is 34.0. The molecular weight excluding hydrogens is 416 g/mol. The predicted octanol–water partition coefficient (Wildman–Crippen LogP) is 3.98. The van der Waals surface area contributed by atoms with Gasteiger partial charge in [0.2, 0.25) is 0 Å². The smallest absolute Gasteiger partial charge is 0.327 e. The topological polar surface area (TPSA) is 84.0 Å². The number of urea groups is 1. The van der Waals surface area contributed by atoms with Gasteiger partial charge in [-0.1, -0.05) is 41.7 Å². The number of rotatable bonds is 6. The molecule has 3 amide bonds. The molecule has 3 aromatic rings. The summed E-state index contributed by atoms with van der Waals surface area (Å²) in [5.74, 6) is 0.986. The fourth-order valence-electron chi connectivity index (χ4n) is 3.27. The minimum Gasteiger partial charge on any atom is -0.497 e. The fourth-order valence-corrected chi connectivity index (χ4v) is 4.30. The molecule has 0 fully saturated rings. The molecule has 0 bridgehead atoms. The van der Waals surface area contributed by atoms with Crippen LogP contribution in [0, 0.1) is 0 Å². The summed E-state index contributed by atoms with van der Waals surface area (Å²) in [6.07, 6.45) is 0. The minimum atomic E-state index is -0.385. The molecule has 0 saturated heterocycles. The maximum atomic E-state index is 12.8. The monoisotopic (exact) mass is 438 g/mol. The van der Waals surface area contributed by atoms with Gasteiger partial charge in [0.15, 0.2) is 5.13 Å². The molecule has 4 rings (SSSR count). The molecule has 1 aliphatic rings. The van der Waals surface area contributed by atoms with Crippen LogP contribution in [-0.4, -0.2) is 43.1 Å². The Kier molecular flexibility index (Phi) is 5.77. The number of carbonyl (C=O) groups is 2. The summed E-state index contributed by atoms with van der Waals surface area (Å²) in [5.41, 5.74) is 1.99. The first kappa shape index (κ1) is 20.7. The van der Waals surface area contributed by atoms with Crippen molar-refractivity contribution in [2.75, 3.05) is 31.5 Å². The lowest BCUT2D eigenvalue weighted by Gasteiger charge is -2.18. The van der Waals surface area contributed by atoms with E-state index in [2.05, 4.69) is 10.3 Å². The lowest BCUT2D eigenvalue weighted by atomic mass is 10.2. The summed E-state index contributed by atoms with van der Waals surface area (Å²) in [5, 5.41) is 3.27. The SMILES string of the molecule is COc1ccc(NC(=O)N(C)c2nc3c(s2)CN(Cc2ccccc2)C3=O)c(OC)c1. The molecule has 0 saturated carbocycles. The van der Waals surface area contributed by atoms with Gasteiger partial charge in [0, 0.05) is 19.7 Å². The highest BCUT2D eigenvalue weighted by atomic mass is 32.1. The van der Waals surface area contributed by atoms with Gasteiger partial charge in [-0.2, -0.15) is 0 Å². The van der Waals surface area contributed by atoms with Crippen molar-refractivity contribution in [3.05, 3.63) is 64.7 Å². The normalized spacial score (nSPS) is 12.5. The molecule has 160 valence electrons. The zero-order valence-electron chi connectivity index (χ0n) is 17.4. The van der Waals surface area contributed by atoms with Gasteiger partial charge in [-0.25, -0.2) is 9.78 Å². The van der Waals surface area contributed by atoms with Crippen molar-refractivity contribution in [3.8, 4) is 11.5 Å². The molecule has 0 spiro atoms. The Bertz CT molecular complexity index is 1120. The Morgan fingerprint density at radius 3 is 2.65 bits per heavy atom. The first-order chi connectivity index (χ1) is 15.0. The molecule has 0 atom stereocenters. The van der Waals surface area contributed by atoms with E-state index in [1.54, 1.807) is 37.3 Å². The Labute approximate surface area is 184 Å². The van der Waals surface area contributed by atoms with Gasteiger partial charge < -0.3 is 19.7 Å². The molecule has 0 aliphatic carbocycles. The van der Waals surface area contributed by atoms with Crippen LogP contribution in [0.2, 0.25) is 0 Å². The van der Waals surface area contributed by atoms with Gasteiger partial charge in [-0.15, -0.1) is 0 Å². The summed E-state index contributed by atoms with van der Waals surface area (Å²) < 4.78 is 10.5. The zero-order chi connectivity index (χ0) is 22.0. The van der Waals surface area contributed by atoms with Crippen LogP contribution in [0.1, 0.15) is 20.9 Å². The molecule has 0 radical (unpaired) electrons. The maximum Gasteiger partial charge on any atom is 0.327 e. The van der Waals surface area contributed by atoms with Crippen LogP contribution in [0.5, 0.6) is 11.5 Å². The quantitative estimate of drug-likeness (QED) is 0.629. The van der Waals surface area contributed by atoms with Crippen molar-refractivity contribution in [2.24, 2.45) is 0 Å². The number of anilines is 2. The van der Waals surface area contributed by atoms with Crippen LogP contribution in [-0.2, 0) is 13.1 Å². The molecule has 0 unspecified atom stereocenters. The Hall–Kier alpha value is -3.59. The van der Waals surface area contributed by atoms with E-state index >= 15 is 0 Å². The van der Waals surface area contributed by atoms with E-state index in [1.807, 2.05) is 30.3 Å². The number of fused-ring (bicyclic) bond motifs is 1. The molecule has 1 N–H and O–H groups in total. The van der Waals surface area contributed by atoms with E-state index in [0.717, 1.165) is 10.4 Å². The molecule has 8 nitrogen and oxygen atoms in total. The maximum absolute atomic E-state index is 12.8. The number of benzene rings is 2. The number of ether oxygens (including phenoxy) is 2. The predicted molar refractivity (Wildman–Crippen MR) is 119 cm³/mol. The van der Waals surface area contributed by atoms with E-state index in [-0.39, 0.29) is 11.9 Å². The highest BCUT2D eigenvalue weighted by Crippen LogP contribution is 2.34. The van der Waals surface area contributed by atoms with Gasteiger partial charge in [0.1, 0.15) is 17.2 Å². The van der Waals surface area contributed by atoms with Crippen molar-refractivity contribution in [3.63, 3.8) is 0 Å². The van der Waals surface area contributed by atoms with E-state index in [1.165, 1.54) is 23.3 Å². The number of hydrogen-bond donors (Lipinski definition) is 1. The molecular formula is C22H22N4O4S. The van der Waals surface area contributed by atoms with Crippen LogP contribution >= 0.6 is 11.3 Å². The first-order valence-electron chi connectivity index (χ1n) is 9.59. The van der Waals surface area contributed by atoms with Gasteiger partial charge >= 0.3 is 6.03 Å². The summed E-state index contributed by atoms with van der Waals surface area (Å²) in [6.45, 7) is 1.02. The lowest BCUT2D eigenvalue weighted by molar-refractivity contribution is 0.0762. The molecule has 31 heavy (non-hydrogen) atoms. The van der Waals surface area contributed by atoms with Crippen LogP contribution in [0.4, 0.5) is 15.6 Å². The molecule has 2 heterocycles. The van der Waals surface area contributed by atoms with Gasteiger partial charge in [0.05, 0.1) is 31.3 Å². The van der Waals surface area contributed by atoms with Crippen LogP contribution in [0.15, 0.2) is 48.5 Å². The number of hydrogen-bond acceptors (Lipinski definition) is 6.